The van der Waals surface area contributed by atoms with Crippen LogP contribution < -0.4 is 5.32 Å². The first-order valence-electron chi connectivity index (χ1n) is 9.11. The molecule has 2 aromatic carbocycles. The lowest BCUT2D eigenvalue weighted by molar-refractivity contribution is -0.137. The fourth-order valence-electron chi connectivity index (χ4n) is 3.17. The number of para-hydroxylation sites is 1. The van der Waals surface area contributed by atoms with Gasteiger partial charge in [0.1, 0.15) is 6.04 Å². The highest BCUT2D eigenvalue weighted by atomic mass is 19.4. The topological polar surface area (TPSA) is 85.4 Å². The number of carbonyl (C=O) groups is 2. The van der Waals surface area contributed by atoms with Crippen molar-refractivity contribution in [2.45, 2.75) is 25.2 Å². The highest BCUT2D eigenvalue weighted by Gasteiger charge is 2.30. The van der Waals surface area contributed by atoms with E-state index in [1.807, 2.05) is 24.3 Å². The number of amides is 2. The first kappa shape index (κ1) is 21.2. The van der Waals surface area contributed by atoms with Gasteiger partial charge in [0, 0.05) is 37.1 Å². The number of rotatable bonds is 6. The molecule has 30 heavy (non-hydrogen) atoms. The van der Waals surface area contributed by atoms with Gasteiger partial charge in [-0.2, -0.15) is 13.2 Å². The first-order chi connectivity index (χ1) is 14.2. The number of carboxylic acid groups (broad SMARTS) is 1. The maximum absolute atomic E-state index is 12.7. The number of hydrogen-bond donors (Lipinski definition) is 3. The Labute approximate surface area is 170 Å². The summed E-state index contributed by atoms with van der Waals surface area (Å²) in [6.07, 6.45) is -3.82. The Morgan fingerprint density at radius 3 is 2.43 bits per heavy atom. The number of benzene rings is 2. The summed E-state index contributed by atoms with van der Waals surface area (Å²) in [5.74, 6) is -0.537. The Bertz CT molecular complexity index is 1040. The normalized spacial score (nSPS) is 12.5. The van der Waals surface area contributed by atoms with E-state index >= 15 is 0 Å². The van der Waals surface area contributed by atoms with E-state index in [1.165, 1.54) is 19.2 Å². The molecule has 0 bridgehead atoms. The number of fused-ring (bicyclic) bond motifs is 1. The zero-order valence-electron chi connectivity index (χ0n) is 16.0. The van der Waals surface area contributed by atoms with Crippen LogP contribution in [0.2, 0.25) is 0 Å². The third-order valence-corrected chi connectivity index (χ3v) is 4.91. The SMILES string of the molecule is CN(C(=O)O)[C@@H](Cc1c[nH]c2ccccc12)C(=O)NCc1ccc(C(F)(F)F)cc1. The number of aromatic nitrogens is 1. The smallest absolute Gasteiger partial charge is 0.416 e. The molecule has 3 N–H and O–H groups in total. The molecule has 3 rings (SSSR count). The minimum Gasteiger partial charge on any atom is -0.465 e. The molecule has 0 unspecified atom stereocenters. The number of nitrogens with one attached hydrogen (secondary N) is 2. The Morgan fingerprint density at radius 1 is 1.13 bits per heavy atom. The van der Waals surface area contributed by atoms with Crippen LogP contribution in [-0.4, -0.2) is 40.1 Å². The summed E-state index contributed by atoms with van der Waals surface area (Å²) in [4.78, 5) is 28.2. The lowest BCUT2D eigenvalue weighted by atomic mass is 10.0. The minimum atomic E-state index is -4.43. The largest absolute Gasteiger partial charge is 0.465 e. The van der Waals surface area contributed by atoms with Gasteiger partial charge in [-0.25, -0.2) is 4.79 Å². The van der Waals surface area contributed by atoms with Crippen molar-refractivity contribution in [3.63, 3.8) is 0 Å². The summed E-state index contributed by atoms with van der Waals surface area (Å²) in [5, 5.41) is 12.9. The zero-order valence-corrected chi connectivity index (χ0v) is 16.0. The van der Waals surface area contributed by atoms with Crippen LogP contribution in [0, 0.1) is 0 Å². The van der Waals surface area contributed by atoms with Crippen molar-refractivity contribution in [1.82, 2.24) is 15.2 Å². The Hall–Kier alpha value is -3.49. The second-order valence-corrected chi connectivity index (χ2v) is 6.89. The molecule has 9 heteroatoms. The molecule has 0 fully saturated rings. The van der Waals surface area contributed by atoms with Crippen molar-refractivity contribution >= 4 is 22.9 Å². The molecule has 1 aromatic heterocycles. The third kappa shape index (κ3) is 4.73. The van der Waals surface area contributed by atoms with Gasteiger partial charge < -0.3 is 15.4 Å². The molecule has 1 atom stereocenters. The van der Waals surface area contributed by atoms with Crippen LogP contribution in [0.15, 0.2) is 54.7 Å². The van der Waals surface area contributed by atoms with Crippen LogP contribution in [0.4, 0.5) is 18.0 Å². The lowest BCUT2D eigenvalue weighted by Crippen LogP contribution is -2.48. The van der Waals surface area contributed by atoms with Crippen LogP contribution >= 0.6 is 0 Å². The summed E-state index contributed by atoms with van der Waals surface area (Å²) in [6, 6.07) is 10.9. The summed E-state index contributed by atoms with van der Waals surface area (Å²) in [5.41, 5.74) is 1.35. The van der Waals surface area contributed by atoms with Crippen molar-refractivity contribution in [1.29, 1.82) is 0 Å². The fourth-order valence-corrected chi connectivity index (χ4v) is 3.17. The number of carbonyl (C=O) groups excluding carboxylic acids is 1. The standard InChI is InChI=1S/C21H20F3N3O3/c1-27(20(29)30)18(10-14-12-25-17-5-3-2-4-16(14)17)19(28)26-11-13-6-8-15(9-7-13)21(22,23)24/h2-9,12,18,25H,10-11H2,1H3,(H,26,28)(H,29,30)/t18-/m0/s1. The molecule has 0 saturated heterocycles. The second kappa shape index (κ2) is 8.48. The quantitative estimate of drug-likeness (QED) is 0.564. The number of aromatic amines is 1. The number of halogens is 3. The van der Waals surface area contributed by atoms with E-state index in [9.17, 15) is 27.9 Å². The number of alkyl halides is 3. The van der Waals surface area contributed by atoms with Gasteiger partial charge >= 0.3 is 12.3 Å². The minimum absolute atomic E-state index is 0.0190. The monoisotopic (exact) mass is 419 g/mol. The van der Waals surface area contributed by atoms with E-state index in [0.717, 1.165) is 33.5 Å². The number of hydrogen-bond acceptors (Lipinski definition) is 2. The molecular formula is C21H20F3N3O3. The van der Waals surface area contributed by atoms with Gasteiger partial charge in [-0.1, -0.05) is 30.3 Å². The maximum Gasteiger partial charge on any atom is 0.416 e. The van der Waals surface area contributed by atoms with E-state index in [4.69, 9.17) is 0 Å². The Kier molecular flexibility index (Phi) is 6.00. The van der Waals surface area contributed by atoms with E-state index in [-0.39, 0.29) is 13.0 Å². The molecule has 2 amide bonds. The highest BCUT2D eigenvalue weighted by Crippen LogP contribution is 2.29. The van der Waals surface area contributed by atoms with Crippen molar-refractivity contribution in [3.05, 3.63) is 71.4 Å². The Morgan fingerprint density at radius 2 is 1.80 bits per heavy atom. The molecule has 0 aliphatic carbocycles. The molecule has 0 saturated carbocycles. The molecular weight excluding hydrogens is 399 g/mol. The van der Waals surface area contributed by atoms with E-state index in [2.05, 4.69) is 10.3 Å². The number of likely N-dealkylation sites (N-methyl/N-ethyl adjacent to an activating group) is 1. The van der Waals surface area contributed by atoms with E-state index < -0.39 is 29.8 Å². The van der Waals surface area contributed by atoms with Crippen molar-refractivity contribution in [3.8, 4) is 0 Å². The van der Waals surface area contributed by atoms with Crippen molar-refractivity contribution in [2.75, 3.05) is 7.05 Å². The molecule has 0 radical (unpaired) electrons. The Balaban J connectivity index is 1.73. The van der Waals surface area contributed by atoms with Crippen molar-refractivity contribution < 1.29 is 27.9 Å². The highest BCUT2D eigenvalue weighted by molar-refractivity contribution is 5.88. The summed E-state index contributed by atoms with van der Waals surface area (Å²) < 4.78 is 38.0. The average Bonchev–Trinajstić information content (AvgIpc) is 3.12. The molecule has 6 nitrogen and oxygen atoms in total. The average molecular weight is 419 g/mol. The number of nitrogens with zero attached hydrogens (tertiary/aromatic N) is 1. The molecule has 0 aliphatic rings. The maximum atomic E-state index is 12.7. The van der Waals surface area contributed by atoms with E-state index in [1.54, 1.807) is 6.20 Å². The third-order valence-electron chi connectivity index (χ3n) is 4.91. The van der Waals surface area contributed by atoms with Gasteiger partial charge in [0.25, 0.3) is 0 Å². The van der Waals surface area contributed by atoms with Crippen LogP contribution in [0.25, 0.3) is 10.9 Å². The molecule has 3 aromatic rings. The van der Waals surface area contributed by atoms with Crippen LogP contribution in [-0.2, 0) is 23.9 Å². The van der Waals surface area contributed by atoms with Gasteiger partial charge in [-0.3, -0.25) is 9.69 Å². The van der Waals surface area contributed by atoms with Gasteiger partial charge in [-0.05, 0) is 29.3 Å². The van der Waals surface area contributed by atoms with Gasteiger partial charge in [0.2, 0.25) is 5.91 Å². The molecule has 1 heterocycles. The molecule has 0 aliphatic heterocycles. The molecule has 158 valence electrons. The number of H-pyrrole nitrogens is 1. The fraction of sp³-hybridized carbons (Fsp3) is 0.238. The lowest BCUT2D eigenvalue weighted by Gasteiger charge is -2.25. The summed E-state index contributed by atoms with van der Waals surface area (Å²) >= 11 is 0. The predicted octanol–water partition coefficient (Wildman–Crippen LogP) is 4.02. The van der Waals surface area contributed by atoms with Gasteiger partial charge in [-0.15, -0.1) is 0 Å². The van der Waals surface area contributed by atoms with Crippen molar-refractivity contribution in [2.24, 2.45) is 0 Å². The summed E-state index contributed by atoms with van der Waals surface area (Å²) in [7, 11) is 1.31. The van der Waals surface area contributed by atoms with Gasteiger partial charge in [0.15, 0.2) is 0 Å². The van der Waals surface area contributed by atoms with Crippen LogP contribution in [0.1, 0.15) is 16.7 Å². The predicted molar refractivity (Wildman–Crippen MR) is 105 cm³/mol. The molecule has 0 spiro atoms. The van der Waals surface area contributed by atoms with E-state index in [0.29, 0.717) is 5.56 Å². The second-order valence-electron chi connectivity index (χ2n) is 6.89. The van der Waals surface area contributed by atoms with Crippen LogP contribution in [0.5, 0.6) is 0 Å². The van der Waals surface area contributed by atoms with Gasteiger partial charge in [0.05, 0.1) is 5.56 Å². The zero-order chi connectivity index (χ0) is 21.9. The summed E-state index contributed by atoms with van der Waals surface area (Å²) in [6.45, 7) is -0.0190. The first-order valence-corrected chi connectivity index (χ1v) is 9.11. The van der Waals surface area contributed by atoms with Crippen LogP contribution in [0.3, 0.4) is 0 Å².